The van der Waals surface area contributed by atoms with Crippen molar-refractivity contribution < 1.29 is 26.3 Å². The maximum Gasteiger partial charge on any atom is 0.380 e. The van der Waals surface area contributed by atoms with E-state index in [4.69, 9.17) is 0 Å². The van der Waals surface area contributed by atoms with Gasteiger partial charge in [0.05, 0.1) is 0 Å². The summed E-state index contributed by atoms with van der Waals surface area (Å²) in [5.41, 5.74) is -2.94. The van der Waals surface area contributed by atoms with E-state index in [2.05, 4.69) is 0 Å². The Labute approximate surface area is 178 Å². The van der Waals surface area contributed by atoms with Gasteiger partial charge in [-0.1, -0.05) is 18.2 Å². The highest BCUT2D eigenvalue weighted by atomic mass is 32.1. The molecule has 162 valence electrons. The SMILES string of the molecule is Cc1sc(C#N)c(C)c1C1=C(c2c(C)n(C)c3ccccc23)C(F)(F)C(F)(F)C1(F)F. The number of hydrogen-bond donors (Lipinski definition) is 0. The Morgan fingerprint density at radius 1 is 0.903 bits per heavy atom. The number of alkyl halides is 6. The van der Waals surface area contributed by atoms with E-state index in [1.165, 1.54) is 37.5 Å². The Morgan fingerprint density at radius 3 is 2.00 bits per heavy atom. The van der Waals surface area contributed by atoms with Crippen LogP contribution < -0.4 is 0 Å². The van der Waals surface area contributed by atoms with Crippen molar-refractivity contribution in [3.63, 3.8) is 0 Å². The van der Waals surface area contributed by atoms with Crippen molar-refractivity contribution in [3.8, 4) is 6.07 Å². The molecule has 0 saturated carbocycles. The van der Waals surface area contributed by atoms with Gasteiger partial charge in [0.25, 0.3) is 0 Å². The van der Waals surface area contributed by atoms with E-state index in [1.807, 2.05) is 6.07 Å². The Hall–Kier alpha value is -2.73. The monoisotopic (exact) mass is 454 g/mol. The number of rotatable bonds is 2. The molecule has 1 aliphatic carbocycles. The van der Waals surface area contributed by atoms with Crippen molar-refractivity contribution in [2.45, 2.75) is 38.5 Å². The van der Waals surface area contributed by atoms with Gasteiger partial charge in [-0.3, -0.25) is 0 Å². The molecule has 0 spiro atoms. The fraction of sp³-hybridized carbons (Fsp3) is 0.318. The smallest absolute Gasteiger partial charge is 0.347 e. The van der Waals surface area contributed by atoms with E-state index >= 15 is 17.6 Å². The third-order valence-corrected chi connectivity index (χ3v) is 7.10. The molecule has 0 bridgehead atoms. The van der Waals surface area contributed by atoms with Crippen molar-refractivity contribution in [1.82, 2.24) is 4.57 Å². The third-order valence-electron chi connectivity index (χ3n) is 5.99. The Balaban J connectivity index is 2.26. The second-order valence-electron chi connectivity index (χ2n) is 7.61. The van der Waals surface area contributed by atoms with Crippen LogP contribution in [0.5, 0.6) is 0 Å². The van der Waals surface area contributed by atoms with Gasteiger partial charge in [-0.05, 0) is 32.4 Å². The standard InChI is InChI=1S/C22H16F6N2S/c1-10-15(9-29)31-12(3)16(10)18-19(21(25,26)22(27,28)20(18,23)24)17-11(2)30(4)14-8-6-5-7-13(14)17/h5-8H,1-4H3. The molecule has 0 amide bonds. The number of allylic oxidation sites excluding steroid dienone is 2. The summed E-state index contributed by atoms with van der Waals surface area (Å²) in [6.45, 7) is 4.10. The Bertz CT molecular complexity index is 1320. The van der Waals surface area contributed by atoms with E-state index in [0.29, 0.717) is 5.52 Å². The van der Waals surface area contributed by atoms with Crippen molar-refractivity contribution in [2.75, 3.05) is 0 Å². The van der Waals surface area contributed by atoms with Gasteiger partial charge in [-0.15, -0.1) is 11.3 Å². The van der Waals surface area contributed by atoms with Gasteiger partial charge in [-0.25, -0.2) is 0 Å². The highest BCUT2D eigenvalue weighted by Gasteiger charge is 2.80. The average molecular weight is 454 g/mol. The minimum absolute atomic E-state index is 0.0106. The number of hydrogen-bond acceptors (Lipinski definition) is 2. The van der Waals surface area contributed by atoms with Crippen LogP contribution in [0.15, 0.2) is 24.3 Å². The molecule has 2 heterocycles. The number of aryl methyl sites for hydroxylation is 2. The summed E-state index contributed by atoms with van der Waals surface area (Å²) in [6.07, 6.45) is 0. The van der Waals surface area contributed by atoms with Crippen LogP contribution in [0.4, 0.5) is 26.3 Å². The maximum absolute atomic E-state index is 15.2. The van der Waals surface area contributed by atoms with E-state index in [1.54, 1.807) is 19.2 Å². The first-order chi connectivity index (χ1) is 14.3. The molecular formula is C22H16F6N2S. The molecule has 0 atom stereocenters. The number of nitriles is 1. The predicted molar refractivity (Wildman–Crippen MR) is 108 cm³/mol. The number of aromatic nitrogens is 1. The lowest BCUT2D eigenvalue weighted by atomic mass is 9.91. The van der Waals surface area contributed by atoms with Crippen LogP contribution in [0.2, 0.25) is 0 Å². The summed E-state index contributed by atoms with van der Waals surface area (Å²) in [6, 6.07) is 8.04. The fourth-order valence-electron chi connectivity index (χ4n) is 4.35. The van der Waals surface area contributed by atoms with Crippen LogP contribution in [-0.4, -0.2) is 22.3 Å². The summed E-state index contributed by atoms with van der Waals surface area (Å²) in [4.78, 5) is 0.121. The molecule has 0 radical (unpaired) electrons. The number of halogens is 6. The van der Waals surface area contributed by atoms with Crippen molar-refractivity contribution in [1.29, 1.82) is 5.26 Å². The van der Waals surface area contributed by atoms with Crippen molar-refractivity contribution in [3.05, 3.63) is 56.4 Å². The first-order valence-electron chi connectivity index (χ1n) is 9.24. The Kier molecular flexibility index (Phi) is 4.43. The van der Waals surface area contributed by atoms with Gasteiger partial charge in [0.1, 0.15) is 10.9 Å². The molecular weight excluding hydrogens is 438 g/mol. The molecule has 31 heavy (non-hydrogen) atoms. The maximum atomic E-state index is 15.2. The van der Waals surface area contributed by atoms with Gasteiger partial charge in [-0.2, -0.15) is 31.6 Å². The second-order valence-corrected chi connectivity index (χ2v) is 8.83. The first-order valence-corrected chi connectivity index (χ1v) is 10.1. The van der Waals surface area contributed by atoms with Crippen molar-refractivity contribution in [2.24, 2.45) is 7.05 Å². The van der Waals surface area contributed by atoms with Gasteiger partial charge >= 0.3 is 17.8 Å². The minimum Gasteiger partial charge on any atom is -0.347 e. The van der Waals surface area contributed by atoms with Crippen LogP contribution in [0, 0.1) is 32.1 Å². The molecule has 1 aromatic carbocycles. The molecule has 2 aromatic heterocycles. The van der Waals surface area contributed by atoms with Crippen LogP contribution in [0.1, 0.15) is 32.1 Å². The van der Waals surface area contributed by atoms with Gasteiger partial charge < -0.3 is 4.57 Å². The van der Waals surface area contributed by atoms with E-state index in [0.717, 1.165) is 11.3 Å². The van der Waals surface area contributed by atoms with Crippen LogP contribution in [0.25, 0.3) is 22.0 Å². The summed E-state index contributed by atoms with van der Waals surface area (Å²) >= 11 is 0.815. The Morgan fingerprint density at radius 2 is 1.45 bits per heavy atom. The predicted octanol–water partition coefficient (Wildman–Crippen LogP) is 6.87. The van der Waals surface area contributed by atoms with Crippen LogP contribution >= 0.6 is 11.3 Å². The molecule has 0 aliphatic heterocycles. The molecule has 9 heteroatoms. The third kappa shape index (κ3) is 2.45. The molecule has 0 saturated heterocycles. The lowest BCUT2D eigenvalue weighted by molar-refractivity contribution is -0.254. The van der Waals surface area contributed by atoms with E-state index in [-0.39, 0.29) is 32.0 Å². The number of nitrogens with zero attached hydrogens (tertiary/aromatic N) is 2. The number of thiophene rings is 1. The lowest BCUT2D eigenvalue weighted by Crippen LogP contribution is -2.49. The van der Waals surface area contributed by atoms with E-state index < -0.39 is 34.5 Å². The van der Waals surface area contributed by atoms with Gasteiger partial charge in [0, 0.05) is 50.8 Å². The summed E-state index contributed by atoms with van der Waals surface area (Å²) in [7, 11) is 1.56. The normalized spacial score (nSPS) is 19.3. The zero-order valence-electron chi connectivity index (χ0n) is 16.9. The molecule has 0 fully saturated rings. The lowest BCUT2D eigenvalue weighted by Gasteiger charge is -2.26. The topological polar surface area (TPSA) is 28.7 Å². The van der Waals surface area contributed by atoms with Crippen LogP contribution in [0.3, 0.4) is 0 Å². The molecule has 0 N–H and O–H groups in total. The van der Waals surface area contributed by atoms with Gasteiger partial charge in [0.15, 0.2) is 0 Å². The van der Waals surface area contributed by atoms with Gasteiger partial charge in [0.2, 0.25) is 0 Å². The number of fused-ring (bicyclic) bond motifs is 1. The van der Waals surface area contributed by atoms with Crippen molar-refractivity contribution >= 4 is 33.4 Å². The zero-order valence-corrected chi connectivity index (χ0v) is 17.7. The summed E-state index contributed by atoms with van der Waals surface area (Å²) in [5.74, 6) is -15.9. The molecule has 3 aromatic rings. The molecule has 2 nitrogen and oxygen atoms in total. The molecule has 1 aliphatic rings. The first kappa shape index (κ1) is 21.5. The van der Waals surface area contributed by atoms with E-state index in [9.17, 15) is 14.0 Å². The number of benzene rings is 1. The fourth-order valence-corrected chi connectivity index (χ4v) is 5.32. The minimum atomic E-state index is -5.64. The largest absolute Gasteiger partial charge is 0.380 e. The quantitative estimate of drug-likeness (QED) is 0.389. The average Bonchev–Trinajstić information content (AvgIpc) is 3.16. The molecule has 0 unspecified atom stereocenters. The number of para-hydroxylation sites is 1. The zero-order chi connectivity index (χ0) is 23.1. The summed E-state index contributed by atoms with van der Waals surface area (Å²) in [5, 5.41) is 9.44. The highest BCUT2D eigenvalue weighted by Crippen LogP contribution is 2.66. The van der Waals surface area contributed by atoms with Crippen LogP contribution in [-0.2, 0) is 7.05 Å². The summed E-state index contributed by atoms with van der Waals surface area (Å²) < 4.78 is 91.5. The second kappa shape index (κ2) is 6.39. The highest BCUT2D eigenvalue weighted by molar-refractivity contribution is 7.13. The molecule has 4 rings (SSSR count).